The smallest absolute Gasteiger partial charge is 0.327 e. The van der Waals surface area contributed by atoms with Crippen molar-refractivity contribution in [3.05, 3.63) is 56.2 Å². The normalized spacial score (nSPS) is 16.3. The highest BCUT2D eigenvalue weighted by Crippen LogP contribution is 2.30. The maximum atomic E-state index is 12.6. The van der Waals surface area contributed by atoms with Gasteiger partial charge in [-0.05, 0) is 23.8 Å². The molecular weight excluding hydrogens is 395 g/mol. The summed E-state index contributed by atoms with van der Waals surface area (Å²) in [5.41, 5.74) is 0.714. The maximum Gasteiger partial charge on any atom is 0.327 e. The fourth-order valence-electron chi connectivity index (χ4n) is 3.05. The van der Waals surface area contributed by atoms with Gasteiger partial charge >= 0.3 is 5.97 Å². The monoisotopic (exact) mass is 412 g/mol. The Balaban J connectivity index is 1.73. The SMILES string of the molecule is COC(=O)C(c1ccccc1Cl)N1CCN(C(=O)c2ccc(Cl)s2)CC1. The van der Waals surface area contributed by atoms with Gasteiger partial charge in [-0.3, -0.25) is 9.69 Å². The molecule has 1 aliphatic rings. The van der Waals surface area contributed by atoms with E-state index in [4.69, 9.17) is 27.9 Å². The molecular formula is C18H18Cl2N2O3S. The van der Waals surface area contributed by atoms with Crippen LogP contribution in [0.1, 0.15) is 21.3 Å². The van der Waals surface area contributed by atoms with E-state index < -0.39 is 6.04 Å². The lowest BCUT2D eigenvalue weighted by atomic mass is 10.0. The summed E-state index contributed by atoms with van der Waals surface area (Å²) in [6.45, 7) is 2.14. The first-order valence-corrected chi connectivity index (χ1v) is 9.69. The maximum absolute atomic E-state index is 12.6. The van der Waals surface area contributed by atoms with Crippen LogP contribution in [0.15, 0.2) is 36.4 Å². The first kappa shape index (κ1) is 19.2. The number of piperazine rings is 1. The van der Waals surface area contributed by atoms with Crippen molar-refractivity contribution in [2.24, 2.45) is 0 Å². The Bertz CT molecular complexity index is 803. The molecule has 0 radical (unpaired) electrons. The van der Waals surface area contributed by atoms with E-state index >= 15 is 0 Å². The van der Waals surface area contributed by atoms with Crippen LogP contribution in [0.2, 0.25) is 9.36 Å². The number of thiophene rings is 1. The number of carbonyl (C=O) groups is 2. The molecule has 3 rings (SSSR count). The number of esters is 1. The summed E-state index contributed by atoms with van der Waals surface area (Å²) >= 11 is 13.5. The third-order valence-electron chi connectivity index (χ3n) is 4.37. The van der Waals surface area contributed by atoms with Gasteiger partial charge in [-0.2, -0.15) is 0 Å². The van der Waals surface area contributed by atoms with Gasteiger partial charge in [0.25, 0.3) is 5.91 Å². The Morgan fingerprint density at radius 1 is 1.08 bits per heavy atom. The van der Waals surface area contributed by atoms with Gasteiger partial charge in [-0.15, -0.1) is 11.3 Å². The summed E-state index contributed by atoms with van der Waals surface area (Å²) in [5.74, 6) is -0.392. The molecule has 0 N–H and O–H groups in total. The van der Waals surface area contributed by atoms with Crippen LogP contribution in [0.4, 0.5) is 0 Å². The highest BCUT2D eigenvalue weighted by Gasteiger charge is 2.33. The zero-order chi connectivity index (χ0) is 18.7. The molecule has 8 heteroatoms. The minimum absolute atomic E-state index is 0.0334. The van der Waals surface area contributed by atoms with Crippen LogP contribution >= 0.6 is 34.5 Å². The molecule has 1 fully saturated rings. The molecule has 1 saturated heterocycles. The number of halogens is 2. The third kappa shape index (κ3) is 4.04. The lowest BCUT2D eigenvalue weighted by Gasteiger charge is -2.38. The van der Waals surface area contributed by atoms with Crippen molar-refractivity contribution in [2.75, 3.05) is 33.3 Å². The van der Waals surface area contributed by atoms with Crippen LogP contribution < -0.4 is 0 Å². The van der Waals surface area contributed by atoms with Gasteiger partial charge in [-0.1, -0.05) is 41.4 Å². The Morgan fingerprint density at radius 2 is 1.77 bits per heavy atom. The molecule has 1 amide bonds. The van der Waals surface area contributed by atoms with Gasteiger partial charge in [0, 0.05) is 31.2 Å². The highest BCUT2D eigenvalue weighted by atomic mass is 35.5. The van der Waals surface area contributed by atoms with Gasteiger partial charge in [0.1, 0.15) is 6.04 Å². The Kier molecular flexibility index (Phi) is 6.19. The van der Waals surface area contributed by atoms with E-state index in [1.165, 1.54) is 18.4 Å². The van der Waals surface area contributed by atoms with Crippen LogP contribution in [0.25, 0.3) is 0 Å². The predicted molar refractivity (Wildman–Crippen MR) is 103 cm³/mol. The first-order chi connectivity index (χ1) is 12.5. The zero-order valence-electron chi connectivity index (χ0n) is 14.2. The number of amides is 1. The van der Waals surface area contributed by atoms with Crippen LogP contribution in [0.5, 0.6) is 0 Å². The highest BCUT2D eigenvalue weighted by molar-refractivity contribution is 7.17. The molecule has 2 aromatic rings. The number of hydrogen-bond acceptors (Lipinski definition) is 5. The summed E-state index contributed by atoms with van der Waals surface area (Å²) in [4.78, 5) is 29.3. The number of rotatable bonds is 4. The van der Waals surface area contributed by atoms with Gasteiger partial charge in [-0.25, -0.2) is 4.79 Å². The van der Waals surface area contributed by atoms with Gasteiger partial charge in [0.2, 0.25) is 0 Å². The average Bonchev–Trinajstić information content (AvgIpc) is 3.09. The van der Waals surface area contributed by atoms with Crippen molar-refractivity contribution in [3.63, 3.8) is 0 Å². The van der Waals surface area contributed by atoms with Crippen LogP contribution in [-0.2, 0) is 9.53 Å². The average molecular weight is 413 g/mol. The first-order valence-electron chi connectivity index (χ1n) is 8.12. The van der Waals surface area contributed by atoms with Crippen molar-refractivity contribution < 1.29 is 14.3 Å². The van der Waals surface area contributed by atoms with E-state index in [0.717, 1.165) is 0 Å². The largest absolute Gasteiger partial charge is 0.468 e. The molecule has 0 spiro atoms. The quantitative estimate of drug-likeness (QED) is 0.717. The van der Waals surface area contributed by atoms with E-state index in [1.807, 2.05) is 23.1 Å². The molecule has 1 unspecified atom stereocenters. The molecule has 0 bridgehead atoms. The van der Waals surface area contributed by atoms with Gasteiger partial charge < -0.3 is 9.64 Å². The molecule has 0 saturated carbocycles. The number of benzene rings is 1. The van der Waals surface area contributed by atoms with Crippen molar-refractivity contribution >= 4 is 46.4 Å². The van der Waals surface area contributed by atoms with Crippen molar-refractivity contribution in [1.29, 1.82) is 0 Å². The standard InChI is InChI=1S/C18H18Cl2N2O3S/c1-25-18(24)16(12-4-2-3-5-13(12)19)21-8-10-22(11-9-21)17(23)14-6-7-15(20)26-14/h2-7,16H,8-11H2,1H3. The predicted octanol–water partition coefficient (Wildman–Crippen LogP) is 3.73. The summed E-state index contributed by atoms with van der Waals surface area (Å²) in [5, 5.41) is 0.523. The fraction of sp³-hybridized carbons (Fsp3) is 0.333. The molecule has 1 atom stereocenters. The Labute approximate surface area is 166 Å². The summed E-state index contributed by atoms with van der Waals surface area (Å²) in [7, 11) is 1.37. The minimum atomic E-state index is -0.581. The lowest BCUT2D eigenvalue weighted by Crippen LogP contribution is -2.51. The van der Waals surface area contributed by atoms with E-state index in [-0.39, 0.29) is 11.9 Å². The second-order valence-corrected chi connectivity index (χ2v) is 8.00. The molecule has 1 aromatic carbocycles. The van der Waals surface area contributed by atoms with Crippen LogP contribution in [0, 0.1) is 0 Å². The van der Waals surface area contributed by atoms with E-state index in [9.17, 15) is 9.59 Å². The lowest BCUT2D eigenvalue weighted by molar-refractivity contribution is -0.148. The number of ether oxygens (including phenoxy) is 1. The second kappa shape index (κ2) is 8.39. The fourth-order valence-corrected chi connectivity index (χ4v) is 4.30. The van der Waals surface area contributed by atoms with E-state index in [2.05, 4.69) is 0 Å². The number of methoxy groups -OCH3 is 1. The van der Waals surface area contributed by atoms with Gasteiger partial charge in [0.05, 0.1) is 16.3 Å². The molecule has 2 heterocycles. The zero-order valence-corrected chi connectivity index (χ0v) is 16.5. The number of hydrogen-bond donors (Lipinski definition) is 0. The van der Waals surface area contributed by atoms with Crippen LogP contribution in [0.3, 0.4) is 0 Å². The minimum Gasteiger partial charge on any atom is -0.468 e. The van der Waals surface area contributed by atoms with Gasteiger partial charge in [0.15, 0.2) is 0 Å². The number of nitrogens with zero attached hydrogens (tertiary/aromatic N) is 2. The second-order valence-electron chi connectivity index (χ2n) is 5.88. The molecule has 5 nitrogen and oxygen atoms in total. The Hall–Kier alpha value is -1.60. The van der Waals surface area contributed by atoms with Crippen molar-refractivity contribution in [2.45, 2.75) is 6.04 Å². The third-order valence-corrected chi connectivity index (χ3v) is 5.94. The topological polar surface area (TPSA) is 49.9 Å². The molecule has 0 aliphatic carbocycles. The van der Waals surface area contributed by atoms with E-state index in [0.29, 0.717) is 46.0 Å². The van der Waals surface area contributed by atoms with Crippen molar-refractivity contribution in [3.8, 4) is 0 Å². The molecule has 26 heavy (non-hydrogen) atoms. The summed E-state index contributed by atoms with van der Waals surface area (Å²) < 4.78 is 5.58. The molecule has 1 aliphatic heterocycles. The number of carbonyl (C=O) groups excluding carboxylic acids is 2. The molecule has 1 aromatic heterocycles. The van der Waals surface area contributed by atoms with Crippen LogP contribution in [-0.4, -0.2) is 55.0 Å². The van der Waals surface area contributed by atoms with E-state index in [1.54, 1.807) is 23.1 Å². The summed E-state index contributed by atoms with van der Waals surface area (Å²) in [6.07, 6.45) is 0. The van der Waals surface area contributed by atoms with Crippen molar-refractivity contribution in [1.82, 2.24) is 9.80 Å². The Morgan fingerprint density at radius 3 is 2.35 bits per heavy atom. The molecule has 138 valence electrons. The summed E-state index contributed by atoms with van der Waals surface area (Å²) in [6, 6.07) is 10.1.